The van der Waals surface area contributed by atoms with Gasteiger partial charge in [-0.25, -0.2) is 18.9 Å². The molecule has 1 N–H and O–H groups in total. The summed E-state index contributed by atoms with van der Waals surface area (Å²) in [4.78, 5) is 14.9. The molecule has 0 amide bonds. The lowest BCUT2D eigenvalue weighted by Gasteiger charge is -2.06. The smallest absolute Gasteiger partial charge is 0.388 e. The Morgan fingerprint density at radius 1 is 1.40 bits per heavy atom. The zero-order valence-electron chi connectivity index (χ0n) is 12.2. The highest BCUT2D eigenvalue weighted by Crippen LogP contribution is 2.38. The molecular formula is C13H7Cl2F3N4O3. The molecule has 0 aliphatic carbocycles. The number of aryl methyl sites for hydroxylation is 1. The first kappa shape index (κ1) is 17.4. The number of hydrogen-bond donors (Lipinski definition) is 1. The minimum Gasteiger partial charge on any atom is -0.476 e. The SMILES string of the molecule is Cn1nc(-c2c(F)cc(Cl)c3nc(C(=O)O)cn23)c(Cl)c1OC(F)F. The number of carbonyl (C=O) groups is 1. The number of alkyl halides is 2. The molecule has 3 heterocycles. The molecule has 7 nitrogen and oxygen atoms in total. The van der Waals surface area contributed by atoms with Crippen LogP contribution in [0.5, 0.6) is 5.88 Å². The molecule has 132 valence electrons. The third kappa shape index (κ3) is 2.87. The van der Waals surface area contributed by atoms with Gasteiger partial charge in [-0.3, -0.25) is 4.40 Å². The van der Waals surface area contributed by atoms with E-state index in [1.54, 1.807) is 0 Å². The third-order valence-corrected chi connectivity index (χ3v) is 3.84. The lowest BCUT2D eigenvalue weighted by Crippen LogP contribution is -2.06. The summed E-state index contributed by atoms with van der Waals surface area (Å²) in [7, 11) is 1.27. The number of imidazole rings is 1. The monoisotopic (exact) mass is 394 g/mol. The van der Waals surface area contributed by atoms with Crippen LogP contribution in [0.3, 0.4) is 0 Å². The summed E-state index contributed by atoms with van der Waals surface area (Å²) in [6, 6.07) is 0.892. The molecule has 3 aromatic rings. The number of halogens is 5. The Morgan fingerprint density at radius 2 is 2.08 bits per heavy atom. The number of rotatable bonds is 4. The number of ether oxygens (including phenoxy) is 1. The van der Waals surface area contributed by atoms with Crippen LogP contribution in [0.4, 0.5) is 13.2 Å². The van der Waals surface area contributed by atoms with E-state index < -0.39 is 30.0 Å². The lowest BCUT2D eigenvalue weighted by atomic mass is 10.2. The lowest BCUT2D eigenvalue weighted by molar-refractivity contribution is -0.0552. The molecule has 0 aliphatic heterocycles. The van der Waals surface area contributed by atoms with Gasteiger partial charge in [0, 0.05) is 13.2 Å². The van der Waals surface area contributed by atoms with E-state index >= 15 is 0 Å². The number of nitrogens with zero attached hydrogens (tertiary/aromatic N) is 4. The van der Waals surface area contributed by atoms with E-state index in [0.717, 1.165) is 21.3 Å². The second-order valence-corrected chi connectivity index (χ2v) is 5.57. The second-order valence-electron chi connectivity index (χ2n) is 4.78. The molecule has 25 heavy (non-hydrogen) atoms. The van der Waals surface area contributed by atoms with Crippen molar-refractivity contribution < 1.29 is 27.8 Å². The average Bonchev–Trinajstić information content (AvgIpc) is 3.05. The Balaban J connectivity index is 2.31. The number of aromatic nitrogens is 4. The summed E-state index contributed by atoms with van der Waals surface area (Å²) >= 11 is 11.9. The van der Waals surface area contributed by atoms with Crippen LogP contribution < -0.4 is 4.74 Å². The fraction of sp³-hybridized carbons (Fsp3) is 0.154. The molecule has 0 fully saturated rings. The number of carboxylic acids is 1. The minimum absolute atomic E-state index is 0.0616. The Morgan fingerprint density at radius 3 is 2.68 bits per heavy atom. The molecule has 0 aromatic carbocycles. The van der Waals surface area contributed by atoms with Crippen LogP contribution in [0.2, 0.25) is 10.0 Å². The highest BCUT2D eigenvalue weighted by molar-refractivity contribution is 6.35. The largest absolute Gasteiger partial charge is 0.476 e. The maximum absolute atomic E-state index is 14.5. The van der Waals surface area contributed by atoms with Crippen LogP contribution in [0, 0.1) is 5.82 Å². The zero-order valence-corrected chi connectivity index (χ0v) is 13.7. The predicted molar refractivity (Wildman–Crippen MR) is 81.0 cm³/mol. The van der Waals surface area contributed by atoms with Gasteiger partial charge in [-0.1, -0.05) is 23.2 Å². The van der Waals surface area contributed by atoms with Crippen LogP contribution in [0.25, 0.3) is 17.0 Å². The summed E-state index contributed by atoms with van der Waals surface area (Å²) in [6.45, 7) is -3.16. The summed E-state index contributed by atoms with van der Waals surface area (Å²) in [5.41, 5.74) is -1.00. The molecule has 12 heteroatoms. The van der Waals surface area contributed by atoms with Gasteiger partial charge < -0.3 is 9.84 Å². The van der Waals surface area contributed by atoms with Gasteiger partial charge in [0.1, 0.15) is 16.4 Å². The molecule has 0 saturated heterocycles. The van der Waals surface area contributed by atoms with Gasteiger partial charge in [0.25, 0.3) is 0 Å². The standard InChI is InChI=1S/C13H7Cl2F3N4O3/c1-21-11(25-13(17)18)7(15)8(20-21)9-5(16)2-4(14)10-19-6(12(23)24)3-22(9)10/h2-3,13H,1H3,(H,23,24). The molecule has 0 saturated carbocycles. The van der Waals surface area contributed by atoms with E-state index in [1.165, 1.54) is 7.05 Å². The number of pyridine rings is 1. The summed E-state index contributed by atoms with van der Waals surface area (Å²) in [5, 5.41) is 12.4. The minimum atomic E-state index is -3.16. The molecule has 0 bridgehead atoms. The van der Waals surface area contributed by atoms with Gasteiger partial charge in [-0.15, -0.1) is 0 Å². The van der Waals surface area contributed by atoms with Crippen molar-refractivity contribution in [2.75, 3.05) is 0 Å². The molecule has 0 radical (unpaired) electrons. The van der Waals surface area contributed by atoms with Crippen molar-refractivity contribution in [1.29, 1.82) is 0 Å². The van der Waals surface area contributed by atoms with E-state index in [0.29, 0.717) is 0 Å². The first-order valence-electron chi connectivity index (χ1n) is 6.48. The summed E-state index contributed by atoms with van der Waals surface area (Å²) in [6.07, 6.45) is 1.01. The molecule has 0 aliphatic rings. The second kappa shape index (κ2) is 6.12. The molecule has 3 aromatic heterocycles. The maximum atomic E-state index is 14.5. The molecule has 0 atom stereocenters. The Kier molecular flexibility index (Phi) is 4.25. The van der Waals surface area contributed by atoms with Crippen molar-refractivity contribution in [3.8, 4) is 17.3 Å². The Labute approximate surface area is 147 Å². The molecule has 0 unspecified atom stereocenters. The van der Waals surface area contributed by atoms with Gasteiger partial charge in [-0.2, -0.15) is 13.9 Å². The number of carboxylic acid groups (broad SMARTS) is 1. The van der Waals surface area contributed by atoms with Crippen LogP contribution >= 0.6 is 23.2 Å². The van der Waals surface area contributed by atoms with Gasteiger partial charge in [0.2, 0.25) is 5.88 Å². The Bertz CT molecular complexity index is 1000. The quantitative estimate of drug-likeness (QED) is 0.732. The first-order valence-corrected chi connectivity index (χ1v) is 7.24. The van der Waals surface area contributed by atoms with Gasteiger partial charge in [-0.05, 0) is 6.07 Å². The van der Waals surface area contributed by atoms with E-state index in [9.17, 15) is 18.0 Å². The fourth-order valence-electron chi connectivity index (χ4n) is 2.26. The van der Waals surface area contributed by atoms with Crippen molar-refractivity contribution in [2.24, 2.45) is 7.05 Å². The van der Waals surface area contributed by atoms with E-state index in [2.05, 4.69) is 14.8 Å². The van der Waals surface area contributed by atoms with Crippen molar-refractivity contribution in [2.45, 2.75) is 6.61 Å². The Hall–Kier alpha value is -2.46. The normalized spacial score (nSPS) is 11.5. The summed E-state index contributed by atoms with van der Waals surface area (Å²) < 4.78 is 45.6. The topological polar surface area (TPSA) is 81.7 Å². The third-order valence-electron chi connectivity index (χ3n) is 3.22. The molecular weight excluding hydrogens is 388 g/mol. The molecule has 0 spiro atoms. The fourth-order valence-corrected chi connectivity index (χ4v) is 2.78. The summed E-state index contributed by atoms with van der Waals surface area (Å²) in [5.74, 6) is -2.75. The predicted octanol–water partition coefficient (Wildman–Crippen LogP) is 3.48. The van der Waals surface area contributed by atoms with Crippen LogP contribution in [-0.2, 0) is 7.05 Å². The number of aromatic carboxylic acids is 1. The number of fused-ring (bicyclic) bond motifs is 1. The highest BCUT2D eigenvalue weighted by Gasteiger charge is 2.26. The van der Waals surface area contributed by atoms with Crippen LogP contribution in [-0.4, -0.2) is 36.9 Å². The van der Waals surface area contributed by atoms with Crippen molar-refractivity contribution >= 4 is 34.8 Å². The molecule has 3 rings (SSSR count). The van der Waals surface area contributed by atoms with Gasteiger partial charge in [0.05, 0.1) is 5.02 Å². The number of hydrogen-bond acceptors (Lipinski definition) is 4. The van der Waals surface area contributed by atoms with Crippen LogP contribution in [0.15, 0.2) is 12.3 Å². The van der Waals surface area contributed by atoms with E-state index in [4.69, 9.17) is 28.3 Å². The maximum Gasteiger partial charge on any atom is 0.388 e. The van der Waals surface area contributed by atoms with Crippen molar-refractivity contribution in [3.05, 3.63) is 33.8 Å². The van der Waals surface area contributed by atoms with E-state index in [1.807, 2.05) is 0 Å². The first-order chi connectivity index (χ1) is 11.7. The average molecular weight is 395 g/mol. The van der Waals surface area contributed by atoms with Gasteiger partial charge in [0.15, 0.2) is 17.2 Å². The zero-order chi connectivity index (χ0) is 18.5. The van der Waals surface area contributed by atoms with Crippen molar-refractivity contribution in [3.63, 3.8) is 0 Å². The van der Waals surface area contributed by atoms with Gasteiger partial charge >= 0.3 is 12.6 Å². The van der Waals surface area contributed by atoms with Crippen LogP contribution in [0.1, 0.15) is 10.5 Å². The van der Waals surface area contributed by atoms with E-state index in [-0.39, 0.29) is 27.1 Å². The van der Waals surface area contributed by atoms with Crippen molar-refractivity contribution in [1.82, 2.24) is 19.2 Å². The highest BCUT2D eigenvalue weighted by atomic mass is 35.5.